The van der Waals surface area contributed by atoms with Crippen LogP contribution in [0.4, 0.5) is 5.82 Å². The first-order valence-corrected chi connectivity index (χ1v) is 6.21. The van der Waals surface area contributed by atoms with Gasteiger partial charge in [-0.3, -0.25) is 0 Å². The summed E-state index contributed by atoms with van der Waals surface area (Å²) in [4.78, 5) is 6.81. The van der Waals surface area contributed by atoms with E-state index in [1.165, 1.54) is 18.4 Å². The van der Waals surface area contributed by atoms with Gasteiger partial charge in [0.2, 0.25) is 0 Å². The molecule has 3 heteroatoms. The van der Waals surface area contributed by atoms with Gasteiger partial charge in [-0.2, -0.15) is 0 Å². The maximum absolute atomic E-state index is 5.51. The number of anilines is 1. The number of nitrogens with two attached hydrogens (primary N) is 1. The third kappa shape index (κ3) is 3.81. The second-order valence-corrected chi connectivity index (χ2v) is 4.00. The monoisotopic (exact) mass is 221 g/mol. The van der Waals surface area contributed by atoms with Crippen LogP contribution < -0.4 is 10.6 Å². The SMILES string of the molecule is CCCCN(CC)c1ccc(CCN)cn1. The van der Waals surface area contributed by atoms with Crippen LogP contribution in [0.5, 0.6) is 0 Å². The molecule has 0 radical (unpaired) electrons. The van der Waals surface area contributed by atoms with Gasteiger partial charge in [-0.25, -0.2) is 4.98 Å². The molecule has 0 aliphatic heterocycles. The summed E-state index contributed by atoms with van der Waals surface area (Å²) in [5, 5.41) is 0. The molecule has 3 nitrogen and oxygen atoms in total. The molecule has 1 aromatic heterocycles. The van der Waals surface area contributed by atoms with E-state index >= 15 is 0 Å². The van der Waals surface area contributed by atoms with Gasteiger partial charge >= 0.3 is 0 Å². The molecular weight excluding hydrogens is 198 g/mol. The average molecular weight is 221 g/mol. The molecule has 0 saturated carbocycles. The Morgan fingerprint density at radius 1 is 1.31 bits per heavy atom. The highest BCUT2D eigenvalue weighted by Gasteiger charge is 2.04. The highest BCUT2D eigenvalue weighted by atomic mass is 15.2. The molecule has 0 bridgehead atoms. The van der Waals surface area contributed by atoms with E-state index in [-0.39, 0.29) is 0 Å². The zero-order valence-corrected chi connectivity index (χ0v) is 10.4. The standard InChI is InChI=1S/C13H23N3/c1-3-5-10-16(4-2)13-7-6-12(8-9-14)11-15-13/h6-7,11H,3-5,8-10,14H2,1-2H3. The Bertz CT molecular complexity index is 282. The molecule has 0 aliphatic rings. The summed E-state index contributed by atoms with van der Waals surface area (Å²) >= 11 is 0. The topological polar surface area (TPSA) is 42.1 Å². The normalized spacial score (nSPS) is 10.4. The number of nitrogens with zero attached hydrogens (tertiary/aromatic N) is 2. The number of pyridine rings is 1. The van der Waals surface area contributed by atoms with Crippen LogP contribution in [-0.4, -0.2) is 24.6 Å². The molecule has 0 atom stereocenters. The van der Waals surface area contributed by atoms with E-state index in [1.807, 2.05) is 6.20 Å². The van der Waals surface area contributed by atoms with Gasteiger partial charge in [0.1, 0.15) is 5.82 Å². The van der Waals surface area contributed by atoms with Crippen LogP contribution in [0.3, 0.4) is 0 Å². The van der Waals surface area contributed by atoms with Crippen molar-refractivity contribution in [3.05, 3.63) is 23.9 Å². The fourth-order valence-corrected chi connectivity index (χ4v) is 1.70. The molecule has 0 amide bonds. The van der Waals surface area contributed by atoms with Crippen LogP contribution in [0, 0.1) is 0 Å². The molecule has 1 aromatic rings. The first kappa shape index (κ1) is 13.0. The maximum atomic E-state index is 5.51. The van der Waals surface area contributed by atoms with E-state index in [0.717, 1.165) is 25.3 Å². The summed E-state index contributed by atoms with van der Waals surface area (Å²) in [6.07, 6.45) is 5.30. The predicted octanol–water partition coefficient (Wildman–Crippen LogP) is 2.21. The Morgan fingerprint density at radius 2 is 2.12 bits per heavy atom. The van der Waals surface area contributed by atoms with Gasteiger partial charge in [0.15, 0.2) is 0 Å². The first-order chi connectivity index (χ1) is 7.81. The molecule has 0 unspecified atom stereocenters. The van der Waals surface area contributed by atoms with Gasteiger partial charge in [-0.1, -0.05) is 19.4 Å². The highest BCUT2D eigenvalue weighted by molar-refractivity contribution is 5.39. The third-order valence-corrected chi connectivity index (χ3v) is 2.73. The van der Waals surface area contributed by atoms with Gasteiger partial charge < -0.3 is 10.6 Å². The van der Waals surface area contributed by atoms with E-state index in [9.17, 15) is 0 Å². The van der Waals surface area contributed by atoms with Crippen LogP contribution >= 0.6 is 0 Å². The average Bonchev–Trinajstić information content (AvgIpc) is 2.32. The summed E-state index contributed by atoms with van der Waals surface area (Å²) in [7, 11) is 0. The van der Waals surface area contributed by atoms with E-state index in [4.69, 9.17) is 5.73 Å². The highest BCUT2D eigenvalue weighted by Crippen LogP contribution is 2.12. The van der Waals surface area contributed by atoms with Gasteiger partial charge in [0, 0.05) is 19.3 Å². The zero-order chi connectivity index (χ0) is 11.8. The van der Waals surface area contributed by atoms with Crippen molar-refractivity contribution in [2.75, 3.05) is 24.5 Å². The molecule has 0 fully saturated rings. The van der Waals surface area contributed by atoms with Crippen LogP contribution in [0.15, 0.2) is 18.3 Å². The molecular formula is C13H23N3. The molecule has 1 rings (SSSR count). The minimum absolute atomic E-state index is 0.689. The summed E-state index contributed by atoms with van der Waals surface area (Å²) in [5.41, 5.74) is 6.73. The lowest BCUT2D eigenvalue weighted by atomic mass is 10.2. The number of unbranched alkanes of at least 4 members (excludes halogenated alkanes) is 1. The minimum Gasteiger partial charge on any atom is -0.357 e. The van der Waals surface area contributed by atoms with Crippen molar-refractivity contribution in [2.24, 2.45) is 5.73 Å². The second kappa shape index (κ2) is 7.23. The van der Waals surface area contributed by atoms with Crippen molar-refractivity contribution in [3.63, 3.8) is 0 Å². The van der Waals surface area contributed by atoms with Gasteiger partial charge in [0.05, 0.1) is 0 Å². The lowest BCUT2D eigenvalue weighted by Crippen LogP contribution is -2.24. The molecule has 0 aromatic carbocycles. The molecule has 0 saturated heterocycles. The van der Waals surface area contributed by atoms with Gasteiger partial charge in [-0.15, -0.1) is 0 Å². The molecule has 90 valence electrons. The van der Waals surface area contributed by atoms with Crippen molar-refractivity contribution in [3.8, 4) is 0 Å². The van der Waals surface area contributed by atoms with Gasteiger partial charge in [0.25, 0.3) is 0 Å². The smallest absolute Gasteiger partial charge is 0.128 e. The minimum atomic E-state index is 0.689. The van der Waals surface area contributed by atoms with Crippen LogP contribution in [0.2, 0.25) is 0 Å². The van der Waals surface area contributed by atoms with Crippen LogP contribution in [-0.2, 0) is 6.42 Å². The van der Waals surface area contributed by atoms with Crippen molar-refractivity contribution >= 4 is 5.82 Å². The molecule has 1 heterocycles. The largest absolute Gasteiger partial charge is 0.357 e. The third-order valence-electron chi connectivity index (χ3n) is 2.73. The Hall–Kier alpha value is -1.09. The summed E-state index contributed by atoms with van der Waals surface area (Å²) in [6.45, 7) is 7.19. The van der Waals surface area contributed by atoms with Crippen molar-refractivity contribution in [1.82, 2.24) is 4.98 Å². The first-order valence-electron chi connectivity index (χ1n) is 6.21. The number of hydrogen-bond donors (Lipinski definition) is 1. The Kier molecular flexibility index (Phi) is 5.86. The van der Waals surface area contributed by atoms with Crippen LogP contribution in [0.1, 0.15) is 32.3 Å². The maximum Gasteiger partial charge on any atom is 0.128 e. The molecule has 2 N–H and O–H groups in total. The lowest BCUT2D eigenvalue weighted by Gasteiger charge is -2.21. The number of aromatic nitrogens is 1. The Morgan fingerprint density at radius 3 is 2.62 bits per heavy atom. The molecule has 0 spiro atoms. The van der Waals surface area contributed by atoms with E-state index < -0.39 is 0 Å². The fourth-order valence-electron chi connectivity index (χ4n) is 1.70. The quantitative estimate of drug-likeness (QED) is 0.767. The summed E-state index contributed by atoms with van der Waals surface area (Å²) in [6, 6.07) is 4.23. The van der Waals surface area contributed by atoms with Crippen LogP contribution in [0.25, 0.3) is 0 Å². The van der Waals surface area contributed by atoms with E-state index in [1.54, 1.807) is 0 Å². The number of rotatable bonds is 7. The van der Waals surface area contributed by atoms with E-state index in [0.29, 0.717) is 6.54 Å². The molecule has 16 heavy (non-hydrogen) atoms. The second-order valence-electron chi connectivity index (χ2n) is 4.00. The van der Waals surface area contributed by atoms with Gasteiger partial charge in [-0.05, 0) is 37.9 Å². The molecule has 0 aliphatic carbocycles. The predicted molar refractivity (Wildman–Crippen MR) is 69.8 cm³/mol. The summed E-state index contributed by atoms with van der Waals surface area (Å²) in [5.74, 6) is 1.08. The summed E-state index contributed by atoms with van der Waals surface area (Å²) < 4.78 is 0. The zero-order valence-electron chi connectivity index (χ0n) is 10.4. The fraction of sp³-hybridized carbons (Fsp3) is 0.615. The van der Waals surface area contributed by atoms with Crippen molar-refractivity contribution in [2.45, 2.75) is 33.1 Å². The van der Waals surface area contributed by atoms with Crippen molar-refractivity contribution in [1.29, 1.82) is 0 Å². The number of hydrogen-bond acceptors (Lipinski definition) is 3. The van der Waals surface area contributed by atoms with E-state index in [2.05, 4.69) is 35.9 Å². The Labute approximate surface area is 98.7 Å². The Balaban J connectivity index is 2.62. The lowest BCUT2D eigenvalue weighted by molar-refractivity contribution is 0.723. The van der Waals surface area contributed by atoms with Crippen molar-refractivity contribution < 1.29 is 0 Å².